The van der Waals surface area contributed by atoms with Gasteiger partial charge in [-0.3, -0.25) is 0 Å². The zero-order chi connectivity index (χ0) is 8.27. The zero-order valence-corrected chi connectivity index (χ0v) is 7.03. The summed E-state index contributed by atoms with van der Waals surface area (Å²) in [4.78, 5) is 2.00. The van der Waals surface area contributed by atoms with Crippen LogP contribution in [0, 0.1) is 5.92 Å². The van der Waals surface area contributed by atoms with Gasteiger partial charge in [0, 0.05) is 6.61 Å². The maximum atomic E-state index is 9.23. The Kier molecular flexibility index (Phi) is 3.36. The van der Waals surface area contributed by atoms with Crippen LogP contribution in [0.3, 0.4) is 0 Å². The normalized spacial score (nSPS) is 27.0. The van der Waals surface area contributed by atoms with Crippen LogP contribution in [0.1, 0.15) is 12.8 Å². The van der Waals surface area contributed by atoms with Crippen LogP contribution in [0.25, 0.3) is 0 Å². The second-order valence-corrected chi connectivity index (χ2v) is 3.32. The summed E-state index contributed by atoms with van der Waals surface area (Å²) in [5.74, 6) is 0.373. The van der Waals surface area contributed by atoms with E-state index < -0.39 is 0 Å². The average molecular weight is 157 g/mol. The third kappa shape index (κ3) is 2.47. The number of aliphatic hydroxyl groups excluding tert-OH is 1. The van der Waals surface area contributed by atoms with Gasteiger partial charge in [0.05, 0.1) is 0 Å². The largest absolute Gasteiger partial charge is 0.437 e. The molecule has 0 aromatic rings. The minimum atomic E-state index is -0.357. The number of nitrogens with zero attached hydrogens (tertiary/aromatic N) is 1. The molecule has 0 saturated carbocycles. The van der Waals surface area contributed by atoms with Crippen LogP contribution in [0.2, 0.25) is 6.82 Å². The van der Waals surface area contributed by atoms with Gasteiger partial charge < -0.3 is 14.9 Å². The van der Waals surface area contributed by atoms with E-state index in [2.05, 4.69) is 0 Å². The fraction of sp³-hybridized carbons (Fsp3) is 1.00. The van der Waals surface area contributed by atoms with Crippen molar-refractivity contribution in [2.45, 2.75) is 19.7 Å². The summed E-state index contributed by atoms with van der Waals surface area (Å²) in [5.41, 5.74) is 0. The molecule has 0 aromatic heterocycles. The molecule has 64 valence electrons. The highest BCUT2D eigenvalue weighted by molar-refractivity contribution is 6.45. The molecule has 1 rings (SSSR count). The van der Waals surface area contributed by atoms with Crippen molar-refractivity contribution < 1.29 is 10.1 Å². The third-order valence-corrected chi connectivity index (χ3v) is 2.34. The smallest absolute Gasteiger partial charge is 0.376 e. The van der Waals surface area contributed by atoms with Crippen LogP contribution in [0.4, 0.5) is 0 Å². The van der Waals surface area contributed by atoms with Crippen molar-refractivity contribution in [2.24, 2.45) is 5.92 Å². The SMILES string of the molecule is CB(O)N1CCC[C@H](CO)C1. The van der Waals surface area contributed by atoms with Crippen molar-refractivity contribution in [3.63, 3.8) is 0 Å². The molecule has 0 bridgehead atoms. The van der Waals surface area contributed by atoms with E-state index in [0.29, 0.717) is 5.92 Å². The van der Waals surface area contributed by atoms with Gasteiger partial charge in [-0.05, 0) is 38.7 Å². The Morgan fingerprint density at radius 2 is 2.36 bits per heavy atom. The highest BCUT2D eigenvalue weighted by atomic mass is 16.3. The van der Waals surface area contributed by atoms with Crippen molar-refractivity contribution in [1.29, 1.82) is 0 Å². The molecule has 1 fully saturated rings. The van der Waals surface area contributed by atoms with E-state index >= 15 is 0 Å². The number of piperidine rings is 1. The minimum Gasteiger partial charge on any atom is -0.437 e. The molecule has 11 heavy (non-hydrogen) atoms. The highest BCUT2D eigenvalue weighted by Crippen LogP contribution is 2.15. The number of aliphatic hydroxyl groups is 1. The Morgan fingerprint density at radius 3 is 2.91 bits per heavy atom. The van der Waals surface area contributed by atoms with Gasteiger partial charge in [-0.2, -0.15) is 0 Å². The summed E-state index contributed by atoms with van der Waals surface area (Å²) in [6.45, 7) is 3.84. The van der Waals surface area contributed by atoms with E-state index in [1.54, 1.807) is 6.82 Å². The van der Waals surface area contributed by atoms with Gasteiger partial charge in [-0.25, -0.2) is 0 Å². The van der Waals surface area contributed by atoms with E-state index in [-0.39, 0.29) is 13.7 Å². The first-order valence-corrected chi connectivity index (χ1v) is 4.27. The molecule has 2 N–H and O–H groups in total. The molecule has 1 atom stereocenters. The molecule has 1 aliphatic rings. The summed E-state index contributed by atoms with van der Waals surface area (Å²) in [6, 6.07) is 0. The van der Waals surface area contributed by atoms with Crippen LogP contribution in [-0.2, 0) is 0 Å². The lowest BCUT2D eigenvalue weighted by molar-refractivity contribution is 0.156. The number of hydrogen-bond acceptors (Lipinski definition) is 3. The molecule has 4 heteroatoms. The quantitative estimate of drug-likeness (QED) is 0.545. The first kappa shape index (κ1) is 9.04. The lowest BCUT2D eigenvalue weighted by atomic mass is 9.81. The number of rotatable bonds is 2. The standard InChI is InChI=1S/C7H16BNO2/c1-8(11)9-4-2-3-7(5-9)6-10/h7,10-11H,2-6H2,1H3/t7-/m0/s1. The first-order chi connectivity index (χ1) is 5.24. The van der Waals surface area contributed by atoms with E-state index in [4.69, 9.17) is 5.11 Å². The van der Waals surface area contributed by atoms with Gasteiger partial charge in [-0.1, -0.05) is 0 Å². The van der Waals surface area contributed by atoms with Gasteiger partial charge in [-0.15, -0.1) is 0 Å². The van der Waals surface area contributed by atoms with Crippen molar-refractivity contribution in [1.82, 2.24) is 4.81 Å². The average Bonchev–Trinajstić information content (AvgIpc) is 2.05. The Hall–Kier alpha value is -0.0551. The van der Waals surface area contributed by atoms with Crippen LogP contribution in [0.5, 0.6) is 0 Å². The molecular formula is C7H16BNO2. The van der Waals surface area contributed by atoms with Gasteiger partial charge in [0.25, 0.3) is 0 Å². The fourth-order valence-corrected chi connectivity index (χ4v) is 1.59. The lowest BCUT2D eigenvalue weighted by Gasteiger charge is -2.32. The maximum absolute atomic E-state index is 9.23. The summed E-state index contributed by atoms with van der Waals surface area (Å²) in [6.07, 6.45) is 2.19. The predicted octanol–water partition coefficient (Wildman–Crippen LogP) is -0.199. The van der Waals surface area contributed by atoms with Crippen molar-refractivity contribution in [3.8, 4) is 0 Å². The van der Waals surface area contributed by atoms with Gasteiger partial charge in [0.1, 0.15) is 0 Å². The second kappa shape index (κ2) is 4.09. The molecular weight excluding hydrogens is 141 g/mol. The van der Waals surface area contributed by atoms with Gasteiger partial charge in [0.2, 0.25) is 0 Å². The first-order valence-electron chi connectivity index (χ1n) is 4.27. The Labute approximate surface area is 68.2 Å². The lowest BCUT2D eigenvalue weighted by Crippen LogP contribution is -2.44. The summed E-state index contributed by atoms with van der Waals surface area (Å²) in [7, 11) is -0.357. The maximum Gasteiger partial charge on any atom is 0.376 e. The van der Waals surface area contributed by atoms with E-state index in [1.165, 1.54) is 0 Å². The Balaban J connectivity index is 2.33. The van der Waals surface area contributed by atoms with Crippen LogP contribution < -0.4 is 0 Å². The monoisotopic (exact) mass is 157 g/mol. The second-order valence-electron chi connectivity index (χ2n) is 3.32. The Morgan fingerprint density at radius 1 is 1.64 bits per heavy atom. The predicted molar refractivity (Wildman–Crippen MR) is 45.2 cm³/mol. The molecule has 3 nitrogen and oxygen atoms in total. The number of hydrogen-bond donors (Lipinski definition) is 2. The molecule has 1 saturated heterocycles. The fourth-order valence-electron chi connectivity index (χ4n) is 1.59. The minimum absolute atomic E-state index is 0.253. The molecule has 0 aliphatic carbocycles. The van der Waals surface area contributed by atoms with E-state index in [0.717, 1.165) is 25.9 Å². The van der Waals surface area contributed by atoms with Crippen molar-refractivity contribution in [3.05, 3.63) is 0 Å². The summed E-state index contributed by atoms with van der Waals surface area (Å²) in [5, 5.41) is 18.1. The molecule has 0 spiro atoms. The zero-order valence-electron chi connectivity index (χ0n) is 7.03. The topological polar surface area (TPSA) is 43.7 Å². The summed E-state index contributed by atoms with van der Waals surface area (Å²) >= 11 is 0. The third-order valence-electron chi connectivity index (χ3n) is 2.34. The molecule has 0 amide bonds. The van der Waals surface area contributed by atoms with E-state index in [9.17, 15) is 5.02 Å². The summed E-state index contributed by atoms with van der Waals surface area (Å²) < 4.78 is 0. The Bertz CT molecular complexity index is 121. The van der Waals surface area contributed by atoms with Crippen LogP contribution >= 0.6 is 0 Å². The molecule has 0 unspecified atom stereocenters. The van der Waals surface area contributed by atoms with Gasteiger partial charge in [0.15, 0.2) is 0 Å². The van der Waals surface area contributed by atoms with Crippen LogP contribution in [-0.4, -0.2) is 41.7 Å². The molecule has 1 aliphatic heterocycles. The van der Waals surface area contributed by atoms with Crippen LogP contribution in [0.15, 0.2) is 0 Å². The highest BCUT2D eigenvalue weighted by Gasteiger charge is 2.23. The van der Waals surface area contributed by atoms with Crippen molar-refractivity contribution in [2.75, 3.05) is 19.7 Å². The molecule has 0 aromatic carbocycles. The van der Waals surface area contributed by atoms with E-state index in [1.807, 2.05) is 4.81 Å². The van der Waals surface area contributed by atoms with Crippen molar-refractivity contribution >= 4 is 7.05 Å². The van der Waals surface area contributed by atoms with Gasteiger partial charge >= 0.3 is 7.05 Å². The molecule has 1 heterocycles. The molecule has 0 radical (unpaired) electrons.